The Morgan fingerprint density at radius 2 is 1.76 bits per heavy atom. The van der Waals surface area contributed by atoms with Gasteiger partial charge in [-0.05, 0) is 23.8 Å². The minimum Gasteiger partial charge on any atom is -0.484 e. The maximum absolute atomic E-state index is 13.1. The topological polar surface area (TPSA) is 72.6 Å². The number of hydrogen-bond donors (Lipinski definition) is 1. The zero-order valence-electron chi connectivity index (χ0n) is 10.7. The standard InChI is InChI=1S/C14H11F2NO4/c15-10-3-1-9(2-4-10)13(18)8-21-14-7-11(16)5-6-12(14)17(19)20/h1-7,13,18H,8H2. The van der Waals surface area contributed by atoms with Gasteiger partial charge in [0.1, 0.15) is 24.3 Å². The van der Waals surface area contributed by atoms with E-state index in [4.69, 9.17) is 4.74 Å². The summed E-state index contributed by atoms with van der Waals surface area (Å²) >= 11 is 0. The molecule has 2 aromatic carbocycles. The van der Waals surface area contributed by atoms with Gasteiger partial charge in [0.2, 0.25) is 0 Å². The van der Waals surface area contributed by atoms with E-state index >= 15 is 0 Å². The van der Waals surface area contributed by atoms with Crippen LogP contribution in [0.1, 0.15) is 11.7 Å². The van der Waals surface area contributed by atoms with Crippen molar-refractivity contribution in [1.82, 2.24) is 0 Å². The normalized spacial score (nSPS) is 12.0. The maximum atomic E-state index is 13.1. The number of nitro groups is 1. The number of aliphatic hydroxyl groups excluding tert-OH is 1. The SMILES string of the molecule is O=[N+]([O-])c1ccc(F)cc1OCC(O)c1ccc(F)cc1. The second-order valence-corrected chi connectivity index (χ2v) is 4.25. The average Bonchev–Trinajstić information content (AvgIpc) is 2.45. The third-order valence-electron chi connectivity index (χ3n) is 2.77. The predicted molar refractivity (Wildman–Crippen MR) is 69.9 cm³/mol. The number of benzene rings is 2. The number of rotatable bonds is 5. The summed E-state index contributed by atoms with van der Waals surface area (Å²) in [5.41, 5.74) is -0.0156. The molecule has 1 N–H and O–H groups in total. The minimum atomic E-state index is -1.12. The van der Waals surface area contributed by atoms with Gasteiger partial charge >= 0.3 is 5.69 Å². The fraction of sp³-hybridized carbons (Fsp3) is 0.143. The molecule has 0 saturated heterocycles. The fourth-order valence-corrected chi connectivity index (χ4v) is 1.70. The molecular weight excluding hydrogens is 284 g/mol. The molecule has 0 aliphatic carbocycles. The largest absolute Gasteiger partial charge is 0.484 e. The molecule has 0 saturated carbocycles. The van der Waals surface area contributed by atoms with E-state index in [-0.39, 0.29) is 12.4 Å². The highest BCUT2D eigenvalue weighted by molar-refractivity contribution is 5.46. The second kappa shape index (κ2) is 6.27. The smallest absolute Gasteiger partial charge is 0.311 e. The lowest BCUT2D eigenvalue weighted by atomic mass is 10.1. The van der Waals surface area contributed by atoms with Gasteiger partial charge in [-0.15, -0.1) is 0 Å². The molecule has 0 aromatic heterocycles. The summed E-state index contributed by atoms with van der Waals surface area (Å²) in [5.74, 6) is -1.42. The third kappa shape index (κ3) is 3.73. The van der Waals surface area contributed by atoms with Crippen LogP contribution >= 0.6 is 0 Å². The molecule has 2 rings (SSSR count). The Hall–Kier alpha value is -2.54. The van der Waals surface area contributed by atoms with Crippen molar-refractivity contribution >= 4 is 5.69 Å². The van der Waals surface area contributed by atoms with E-state index in [0.29, 0.717) is 5.56 Å². The Morgan fingerprint density at radius 3 is 2.38 bits per heavy atom. The van der Waals surface area contributed by atoms with Crippen LogP contribution < -0.4 is 4.74 Å². The van der Waals surface area contributed by atoms with Crippen LogP contribution in [0.3, 0.4) is 0 Å². The Bertz CT molecular complexity index is 646. The first kappa shape index (κ1) is 14.9. The lowest BCUT2D eigenvalue weighted by Crippen LogP contribution is -2.10. The molecule has 0 aliphatic rings. The van der Waals surface area contributed by atoms with Crippen molar-refractivity contribution in [2.45, 2.75) is 6.10 Å². The summed E-state index contributed by atoms with van der Waals surface area (Å²) in [6, 6.07) is 7.87. The van der Waals surface area contributed by atoms with E-state index in [0.717, 1.165) is 18.2 Å². The minimum absolute atomic E-state index is 0.277. The molecule has 0 heterocycles. The molecule has 5 nitrogen and oxygen atoms in total. The quantitative estimate of drug-likeness (QED) is 0.680. The lowest BCUT2D eigenvalue weighted by molar-refractivity contribution is -0.386. The fourth-order valence-electron chi connectivity index (χ4n) is 1.70. The number of nitrogens with zero attached hydrogens (tertiary/aromatic N) is 1. The zero-order valence-corrected chi connectivity index (χ0v) is 10.7. The van der Waals surface area contributed by atoms with E-state index in [1.165, 1.54) is 24.3 Å². The van der Waals surface area contributed by atoms with Crippen LogP contribution in [0.5, 0.6) is 5.75 Å². The molecule has 7 heteroatoms. The van der Waals surface area contributed by atoms with Crippen LogP contribution in [0.2, 0.25) is 0 Å². The lowest BCUT2D eigenvalue weighted by Gasteiger charge is -2.12. The monoisotopic (exact) mass is 295 g/mol. The molecule has 110 valence electrons. The molecule has 0 amide bonds. The summed E-state index contributed by atoms with van der Waals surface area (Å²) < 4.78 is 31.0. The summed E-state index contributed by atoms with van der Waals surface area (Å²) in [6.45, 7) is -0.323. The van der Waals surface area contributed by atoms with Crippen molar-refractivity contribution in [3.05, 3.63) is 69.8 Å². The van der Waals surface area contributed by atoms with Crippen LogP contribution in [0, 0.1) is 21.7 Å². The van der Waals surface area contributed by atoms with Gasteiger partial charge in [0.25, 0.3) is 0 Å². The highest BCUT2D eigenvalue weighted by atomic mass is 19.1. The number of ether oxygens (including phenoxy) is 1. The number of hydrogen-bond acceptors (Lipinski definition) is 4. The summed E-state index contributed by atoms with van der Waals surface area (Å²) in [6.07, 6.45) is -1.12. The Labute approximate surface area is 118 Å². The van der Waals surface area contributed by atoms with E-state index in [1.807, 2.05) is 0 Å². The van der Waals surface area contributed by atoms with Gasteiger partial charge in [0.15, 0.2) is 5.75 Å². The number of nitro benzene ring substituents is 1. The summed E-state index contributed by atoms with van der Waals surface area (Å²) in [5, 5.41) is 20.6. The first-order valence-electron chi connectivity index (χ1n) is 5.97. The first-order chi connectivity index (χ1) is 9.97. The van der Waals surface area contributed by atoms with Gasteiger partial charge in [0.05, 0.1) is 4.92 Å². The van der Waals surface area contributed by atoms with Gasteiger partial charge in [-0.25, -0.2) is 8.78 Å². The van der Waals surface area contributed by atoms with Crippen LogP contribution in [0.25, 0.3) is 0 Å². The van der Waals surface area contributed by atoms with Crippen LogP contribution in [0.15, 0.2) is 42.5 Å². The first-order valence-corrected chi connectivity index (χ1v) is 5.97. The highest BCUT2D eigenvalue weighted by Gasteiger charge is 2.17. The third-order valence-corrected chi connectivity index (χ3v) is 2.77. The maximum Gasteiger partial charge on any atom is 0.311 e. The van der Waals surface area contributed by atoms with E-state index in [1.54, 1.807) is 0 Å². The molecule has 21 heavy (non-hydrogen) atoms. The molecule has 0 fully saturated rings. The molecule has 2 aromatic rings. The van der Waals surface area contributed by atoms with Crippen molar-refractivity contribution in [1.29, 1.82) is 0 Å². The Kier molecular flexibility index (Phi) is 4.44. The summed E-state index contributed by atoms with van der Waals surface area (Å²) in [7, 11) is 0. The van der Waals surface area contributed by atoms with E-state index < -0.39 is 28.3 Å². The molecular formula is C14H11F2NO4. The highest BCUT2D eigenvalue weighted by Crippen LogP contribution is 2.28. The van der Waals surface area contributed by atoms with Gasteiger partial charge in [-0.1, -0.05) is 12.1 Å². The van der Waals surface area contributed by atoms with Gasteiger partial charge in [-0.2, -0.15) is 0 Å². The van der Waals surface area contributed by atoms with Gasteiger partial charge in [0, 0.05) is 12.1 Å². The van der Waals surface area contributed by atoms with E-state index in [9.17, 15) is 24.0 Å². The molecule has 0 spiro atoms. The van der Waals surface area contributed by atoms with Crippen LogP contribution in [0.4, 0.5) is 14.5 Å². The van der Waals surface area contributed by atoms with Crippen molar-refractivity contribution in [3.63, 3.8) is 0 Å². The van der Waals surface area contributed by atoms with Crippen molar-refractivity contribution in [3.8, 4) is 5.75 Å². The van der Waals surface area contributed by atoms with Crippen molar-refractivity contribution in [2.75, 3.05) is 6.61 Å². The predicted octanol–water partition coefficient (Wildman–Crippen LogP) is 2.99. The zero-order chi connectivity index (χ0) is 15.4. The summed E-state index contributed by atoms with van der Waals surface area (Å²) in [4.78, 5) is 10.1. The van der Waals surface area contributed by atoms with Crippen molar-refractivity contribution < 1.29 is 23.5 Å². The number of halogens is 2. The van der Waals surface area contributed by atoms with E-state index in [2.05, 4.69) is 0 Å². The second-order valence-electron chi connectivity index (χ2n) is 4.25. The average molecular weight is 295 g/mol. The van der Waals surface area contributed by atoms with Crippen LogP contribution in [-0.2, 0) is 0 Å². The van der Waals surface area contributed by atoms with Gasteiger partial charge < -0.3 is 9.84 Å². The van der Waals surface area contributed by atoms with Gasteiger partial charge in [-0.3, -0.25) is 10.1 Å². The molecule has 0 aliphatic heterocycles. The molecule has 0 bridgehead atoms. The molecule has 0 radical (unpaired) electrons. The molecule has 1 unspecified atom stereocenters. The van der Waals surface area contributed by atoms with Crippen molar-refractivity contribution in [2.24, 2.45) is 0 Å². The number of aliphatic hydroxyl groups is 1. The Morgan fingerprint density at radius 1 is 1.14 bits per heavy atom. The molecule has 1 atom stereocenters. The Balaban J connectivity index is 2.10. The van der Waals surface area contributed by atoms with Crippen LogP contribution in [-0.4, -0.2) is 16.6 Å².